The van der Waals surface area contributed by atoms with Crippen molar-refractivity contribution in [1.82, 2.24) is 0 Å². The standard InChI is InChI=1S/C20H21NO/c1-22-20-10-7-16(8-11-20)12-13-21-15-17-6-9-18-4-2-3-5-19(18)14-17/h2-11,14,21H,12-13,15H2,1H3/p+1. The Bertz CT molecular complexity index is 734. The molecular formula is C20H22NO+. The molecule has 0 saturated carbocycles. The first kappa shape index (κ1) is 14.6. The molecule has 0 bridgehead atoms. The van der Waals surface area contributed by atoms with E-state index in [0.29, 0.717) is 0 Å². The fraction of sp³-hybridized carbons (Fsp3) is 0.200. The molecule has 0 aliphatic heterocycles. The van der Waals surface area contributed by atoms with Gasteiger partial charge in [-0.25, -0.2) is 0 Å². The van der Waals surface area contributed by atoms with Gasteiger partial charge in [0.25, 0.3) is 0 Å². The maximum Gasteiger partial charge on any atom is 0.118 e. The van der Waals surface area contributed by atoms with E-state index in [1.54, 1.807) is 7.11 Å². The van der Waals surface area contributed by atoms with Crippen LogP contribution in [0.5, 0.6) is 5.75 Å². The van der Waals surface area contributed by atoms with Crippen LogP contribution in [0, 0.1) is 0 Å². The van der Waals surface area contributed by atoms with Crippen LogP contribution in [0.15, 0.2) is 66.7 Å². The summed E-state index contributed by atoms with van der Waals surface area (Å²) >= 11 is 0. The maximum atomic E-state index is 5.18. The number of hydrogen-bond donors (Lipinski definition) is 1. The molecule has 3 aromatic rings. The van der Waals surface area contributed by atoms with Gasteiger partial charge in [-0.2, -0.15) is 0 Å². The molecule has 0 aromatic heterocycles. The zero-order valence-corrected chi connectivity index (χ0v) is 13.0. The fourth-order valence-electron chi connectivity index (χ4n) is 2.70. The average Bonchev–Trinajstić information content (AvgIpc) is 2.59. The number of rotatable bonds is 6. The second-order valence-corrected chi connectivity index (χ2v) is 5.56. The van der Waals surface area contributed by atoms with Crippen molar-refractivity contribution in [2.75, 3.05) is 13.7 Å². The van der Waals surface area contributed by atoms with Crippen molar-refractivity contribution in [3.63, 3.8) is 0 Å². The van der Waals surface area contributed by atoms with E-state index in [2.05, 4.69) is 59.9 Å². The molecule has 0 spiro atoms. The SMILES string of the molecule is COc1ccc(CC[NH2+]Cc2ccc3ccccc3c2)cc1. The lowest BCUT2D eigenvalue weighted by atomic mass is 10.1. The minimum absolute atomic E-state index is 0.920. The van der Waals surface area contributed by atoms with Crippen molar-refractivity contribution < 1.29 is 10.1 Å². The Kier molecular flexibility index (Phi) is 4.71. The molecule has 0 atom stereocenters. The number of nitrogens with two attached hydrogens (primary N) is 1. The topological polar surface area (TPSA) is 25.8 Å². The summed E-state index contributed by atoms with van der Waals surface area (Å²) in [5.74, 6) is 0.920. The number of benzene rings is 3. The molecule has 3 aromatic carbocycles. The summed E-state index contributed by atoms with van der Waals surface area (Å²) in [4.78, 5) is 0. The summed E-state index contributed by atoms with van der Waals surface area (Å²) in [7, 11) is 1.70. The van der Waals surface area contributed by atoms with Crippen LogP contribution in [0.3, 0.4) is 0 Å². The molecule has 0 unspecified atom stereocenters. The van der Waals surface area contributed by atoms with Gasteiger partial charge in [0.1, 0.15) is 12.3 Å². The number of quaternary nitrogens is 1. The van der Waals surface area contributed by atoms with Gasteiger partial charge in [0.15, 0.2) is 0 Å². The van der Waals surface area contributed by atoms with E-state index in [1.165, 1.54) is 21.9 Å². The van der Waals surface area contributed by atoms with Gasteiger partial charge in [-0.1, -0.05) is 48.5 Å². The van der Waals surface area contributed by atoms with E-state index in [9.17, 15) is 0 Å². The van der Waals surface area contributed by atoms with Crippen LogP contribution in [0.4, 0.5) is 0 Å². The third-order valence-corrected chi connectivity index (χ3v) is 3.99. The molecule has 0 radical (unpaired) electrons. The Labute approximate surface area is 131 Å². The van der Waals surface area contributed by atoms with Crippen LogP contribution < -0.4 is 10.1 Å². The predicted octanol–water partition coefficient (Wildman–Crippen LogP) is 3.15. The average molecular weight is 292 g/mol. The number of methoxy groups -OCH3 is 1. The Hall–Kier alpha value is -2.32. The van der Waals surface area contributed by atoms with Crippen molar-refractivity contribution in [2.45, 2.75) is 13.0 Å². The Morgan fingerprint density at radius 2 is 1.55 bits per heavy atom. The number of hydrogen-bond acceptors (Lipinski definition) is 1. The first-order valence-corrected chi connectivity index (χ1v) is 7.77. The first-order chi connectivity index (χ1) is 10.8. The van der Waals surface area contributed by atoms with Crippen LogP contribution in [-0.4, -0.2) is 13.7 Å². The zero-order chi connectivity index (χ0) is 15.2. The van der Waals surface area contributed by atoms with E-state index in [0.717, 1.165) is 25.3 Å². The van der Waals surface area contributed by atoms with Gasteiger partial charge in [-0.05, 0) is 34.5 Å². The lowest BCUT2D eigenvalue weighted by molar-refractivity contribution is -0.670. The Morgan fingerprint density at radius 1 is 0.818 bits per heavy atom. The second kappa shape index (κ2) is 7.10. The van der Waals surface area contributed by atoms with E-state index in [1.807, 2.05) is 12.1 Å². The highest BCUT2D eigenvalue weighted by molar-refractivity contribution is 5.82. The summed E-state index contributed by atoms with van der Waals surface area (Å²) in [6.07, 6.45) is 1.08. The van der Waals surface area contributed by atoms with Crippen molar-refractivity contribution in [3.05, 3.63) is 77.9 Å². The third-order valence-electron chi connectivity index (χ3n) is 3.99. The van der Waals surface area contributed by atoms with Gasteiger partial charge < -0.3 is 10.1 Å². The molecule has 2 nitrogen and oxygen atoms in total. The fourth-order valence-corrected chi connectivity index (χ4v) is 2.70. The molecule has 0 aliphatic carbocycles. The zero-order valence-electron chi connectivity index (χ0n) is 13.0. The maximum absolute atomic E-state index is 5.18. The van der Waals surface area contributed by atoms with Crippen molar-refractivity contribution >= 4 is 10.8 Å². The van der Waals surface area contributed by atoms with Gasteiger partial charge in [-0.3, -0.25) is 0 Å². The van der Waals surface area contributed by atoms with E-state index in [4.69, 9.17) is 4.74 Å². The lowest BCUT2D eigenvalue weighted by Gasteiger charge is -2.05. The normalized spacial score (nSPS) is 10.8. The summed E-state index contributed by atoms with van der Waals surface area (Å²) < 4.78 is 5.18. The molecular weight excluding hydrogens is 270 g/mol. The van der Waals surface area contributed by atoms with E-state index < -0.39 is 0 Å². The minimum atomic E-state index is 0.920. The van der Waals surface area contributed by atoms with Gasteiger partial charge in [0.05, 0.1) is 13.7 Å². The third kappa shape index (κ3) is 3.66. The predicted molar refractivity (Wildman–Crippen MR) is 91.1 cm³/mol. The van der Waals surface area contributed by atoms with Crippen molar-refractivity contribution in [2.24, 2.45) is 0 Å². The highest BCUT2D eigenvalue weighted by Gasteiger charge is 2.00. The molecule has 0 aliphatic rings. The molecule has 2 heteroatoms. The van der Waals surface area contributed by atoms with Crippen LogP contribution in [0.25, 0.3) is 10.8 Å². The second-order valence-electron chi connectivity index (χ2n) is 5.56. The van der Waals surface area contributed by atoms with Crippen LogP contribution >= 0.6 is 0 Å². The molecule has 0 fully saturated rings. The number of ether oxygens (including phenoxy) is 1. The van der Waals surface area contributed by atoms with Gasteiger partial charge in [0.2, 0.25) is 0 Å². The lowest BCUT2D eigenvalue weighted by Crippen LogP contribution is -2.83. The molecule has 0 saturated heterocycles. The summed E-state index contributed by atoms with van der Waals surface area (Å²) in [6, 6.07) is 23.6. The largest absolute Gasteiger partial charge is 0.497 e. The highest BCUT2D eigenvalue weighted by Crippen LogP contribution is 2.15. The van der Waals surface area contributed by atoms with E-state index >= 15 is 0 Å². The first-order valence-electron chi connectivity index (χ1n) is 7.77. The number of fused-ring (bicyclic) bond motifs is 1. The Balaban J connectivity index is 1.51. The van der Waals surface area contributed by atoms with Crippen molar-refractivity contribution in [3.8, 4) is 5.75 Å². The summed E-state index contributed by atoms with van der Waals surface area (Å²) in [6.45, 7) is 2.13. The van der Waals surface area contributed by atoms with Crippen LogP contribution in [0.2, 0.25) is 0 Å². The monoisotopic (exact) mass is 292 g/mol. The Morgan fingerprint density at radius 3 is 2.32 bits per heavy atom. The van der Waals surface area contributed by atoms with Gasteiger partial charge in [0, 0.05) is 12.0 Å². The smallest absolute Gasteiger partial charge is 0.118 e. The summed E-state index contributed by atoms with van der Waals surface area (Å²) in [5, 5.41) is 5.00. The molecule has 22 heavy (non-hydrogen) atoms. The molecule has 3 rings (SSSR count). The van der Waals surface area contributed by atoms with Gasteiger partial charge in [-0.15, -0.1) is 0 Å². The van der Waals surface area contributed by atoms with Crippen LogP contribution in [-0.2, 0) is 13.0 Å². The van der Waals surface area contributed by atoms with E-state index in [-0.39, 0.29) is 0 Å². The van der Waals surface area contributed by atoms with Gasteiger partial charge >= 0.3 is 0 Å². The molecule has 112 valence electrons. The minimum Gasteiger partial charge on any atom is -0.497 e. The molecule has 0 heterocycles. The van der Waals surface area contributed by atoms with Crippen molar-refractivity contribution in [1.29, 1.82) is 0 Å². The quantitative estimate of drug-likeness (QED) is 0.694. The summed E-state index contributed by atoms with van der Waals surface area (Å²) in [5.41, 5.74) is 2.74. The molecule has 2 N–H and O–H groups in total. The van der Waals surface area contributed by atoms with Crippen LogP contribution in [0.1, 0.15) is 11.1 Å². The molecule has 0 amide bonds. The highest BCUT2D eigenvalue weighted by atomic mass is 16.5.